The highest BCUT2D eigenvalue weighted by atomic mass is 79.9. The van der Waals surface area contributed by atoms with E-state index in [1.807, 2.05) is 0 Å². The molecule has 3 rings (SSSR count). The molecule has 1 aliphatic rings. The van der Waals surface area contributed by atoms with Gasteiger partial charge in [-0.2, -0.15) is 0 Å². The van der Waals surface area contributed by atoms with Crippen LogP contribution < -0.4 is 9.47 Å². The monoisotopic (exact) mass is 562 g/mol. The van der Waals surface area contributed by atoms with E-state index in [0.717, 1.165) is 0 Å². The minimum Gasteiger partial charge on any atom is -0.490 e. The number of benzene rings is 2. The lowest BCUT2D eigenvalue weighted by Crippen LogP contribution is -2.23. The van der Waals surface area contributed by atoms with Crippen molar-refractivity contribution in [2.24, 2.45) is 4.99 Å². The third kappa shape index (κ3) is 6.64. The molecule has 2 aromatic rings. The van der Waals surface area contributed by atoms with Gasteiger partial charge < -0.3 is 19.3 Å². The Kier molecular flexibility index (Phi) is 8.94. The van der Waals surface area contributed by atoms with E-state index in [2.05, 4.69) is 20.9 Å². The average molecular weight is 563 g/mol. The zero-order valence-corrected chi connectivity index (χ0v) is 21.6. The number of aliphatic carboxylic acids is 1. The lowest BCUT2D eigenvalue weighted by atomic mass is 10.2. The number of carbonyl (C=O) groups excluding carboxylic acids is 2. The fourth-order valence-corrected chi connectivity index (χ4v) is 4.60. The van der Waals surface area contributed by atoms with Crippen LogP contribution in [0.5, 0.6) is 11.5 Å². The van der Waals surface area contributed by atoms with Gasteiger partial charge in [-0.1, -0.05) is 6.07 Å². The fraction of sp³-hybridized carbons (Fsp3) is 0.250. The highest BCUT2D eigenvalue weighted by Gasteiger charge is 2.30. The molecular formula is C24H23BrN2O7S. The maximum Gasteiger partial charge on any atom is 0.341 e. The van der Waals surface area contributed by atoms with Gasteiger partial charge in [0.2, 0.25) is 0 Å². The van der Waals surface area contributed by atoms with Crippen molar-refractivity contribution in [3.05, 3.63) is 56.9 Å². The number of rotatable bonds is 9. The molecule has 1 amide bonds. The van der Waals surface area contributed by atoms with Crippen molar-refractivity contribution in [3.63, 3.8) is 0 Å². The molecule has 1 saturated heterocycles. The van der Waals surface area contributed by atoms with Gasteiger partial charge in [-0.15, -0.1) is 0 Å². The van der Waals surface area contributed by atoms with Crippen LogP contribution in [0.1, 0.15) is 29.8 Å². The first-order valence-corrected chi connectivity index (χ1v) is 12.2. The number of aliphatic imine (C=N–C) groups is 1. The van der Waals surface area contributed by atoms with E-state index in [-0.39, 0.29) is 18.3 Å². The summed E-state index contributed by atoms with van der Waals surface area (Å²) in [6.07, 6.45) is 1.69. The number of carboxylic acids is 1. The summed E-state index contributed by atoms with van der Waals surface area (Å²) in [6, 6.07) is 10.1. The van der Waals surface area contributed by atoms with Gasteiger partial charge in [-0.25, -0.2) is 14.6 Å². The van der Waals surface area contributed by atoms with Gasteiger partial charge in [0.1, 0.15) is 0 Å². The van der Waals surface area contributed by atoms with Crippen molar-refractivity contribution >= 4 is 62.5 Å². The Balaban J connectivity index is 1.89. The van der Waals surface area contributed by atoms with Crippen LogP contribution >= 0.6 is 27.7 Å². The maximum absolute atomic E-state index is 12.9. The second-order valence-electron chi connectivity index (χ2n) is 7.09. The predicted octanol–water partition coefficient (Wildman–Crippen LogP) is 4.72. The first kappa shape index (κ1) is 26.3. The summed E-state index contributed by atoms with van der Waals surface area (Å²) in [5.74, 6) is -1.17. The summed E-state index contributed by atoms with van der Waals surface area (Å²) < 4.78 is 16.5. The average Bonchev–Trinajstić information content (AvgIpc) is 3.06. The number of carboxylic acid groups (broad SMARTS) is 1. The molecule has 0 saturated carbocycles. The van der Waals surface area contributed by atoms with Crippen molar-refractivity contribution < 1.29 is 33.7 Å². The van der Waals surface area contributed by atoms with Crippen LogP contribution in [-0.2, 0) is 14.3 Å². The number of thioether (sulfide) groups is 1. The van der Waals surface area contributed by atoms with Crippen LogP contribution in [0, 0.1) is 0 Å². The molecule has 35 heavy (non-hydrogen) atoms. The van der Waals surface area contributed by atoms with Gasteiger partial charge in [0, 0.05) is 7.05 Å². The van der Waals surface area contributed by atoms with Crippen molar-refractivity contribution in [1.82, 2.24) is 4.90 Å². The standard InChI is InChI=1S/C24H23BrN2O7S/c1-4-32-18-10-14(9-17(25)21(18)34-13-20(28)29)11-19-22(30)27(3)24(35-19)26-16-8-6-7-15(12-16)23(31)33-5-2/h6-12H,4-5,13H2,1-3H3,(H,28,29). The number of hydrogen-bond acceptors (Lipinski definition) is 8. The maximum atomic E-state index is 12.9. The zero-order chi connectivity index (χ0) is 25.5. The highest BCUT2D eigenvalue weighted by Crippen LogP contribution is 2.39. The van der Waals surface area contributed by atoms with Crippen LogP contribution in [-0.4, -0.2) is 59.9 Å². The molecule has 2 aromatic carbocycles. The van der Waals surface area contributed by atoms with E-state index in [4.69, 9.17) is 19.3 Å². The Labute approximate surface area is 214 Å². The number of hydrogen-bond donors (Lipinski definition) is 1. The molecule has 0 aliphatic carbocycles. The second kappa shape index (κ2) is 11.9. The SMILES string of the molecule is CCOC(=O)c1cccc(N=C2SC(=Cc3cc(Br)c(OCC(=O)O)c(OCC)c3)C(=O)N2C)c1. The van der Waals surface area contributed by atoms with E-state index >= 15 is 0 Å². The molecule has 1 heterocycles. The number of esters is 1. The summed E-state index contributed by atoms with van der Waals surface area (Å²) in [6.45, 7) is 3.62. The lowest BCUT2D eigenvalue weighted by molar-refractivity contribution is -0.139. The van der Waals surface area contributed by atoms with Gasteiger partial charge in [-0.3, -0.25) is 9.69 Å². The molecule has 1 N–H and O–H groups in total. The van der Waals surface area contributed by atoms with E-state index in [9.17, 15) is 14.4 Å². The molecule has 0 aromatic heterocycles. The van der Waals surface area contributed by atoms with Crippen LogP contribution in [0.25, 0.3) is 6.08 Å². The summed E-state index contributed by atoms with van der Waals surface area (Å²) in [7, 11) is 1.62. The smallest absolute Gasteiger partial charge is 0.341 e. The second-order valence-corrected chi connectivity index (χ2v) is 8.95. The molecule has 9 nitrogen and oxygen atoms in total. The number of amides is 1. The van der Waals surface area contributed by atoms with Gasteiger partial charge in [0.05, 0.1) is 33.8 Å². The predicted molar refractivity (Wildman–Crippen MR) is 136 cm³/mol. The summed E-state index contributed by atoms with van der Waals surface area (Å²) in [5.41, 5.74) is 1.54. The zero-order valence-electron chi connectivity index (χ0n) is 19.2. The first-order valence-electron chi connectivity index (χ1n) is 10.6. The van der Waals surface area contributed by atoms with Crippen molar-refractivity contribution in [2.75, 3.05) is 26.9 Å². The number of halogens is 1. The minimum atomic E-state index is -1.11. The summed E-state index contributed by atoms with van der Waals surface area (Å²) >= 11 is 4.58. The fourth-order valence-electron chi connectivity index (χ4n) is 3.04. The molecule has 0 atom stereocenters. The third-order valence-electron chi connectivity index (χ3n) is 4.56. The molecule has 0 spiro atoms. The Morgan fingerprint density at radius 1 is 1.17 bits per heavy atom. The van der Waals surface area contributed by atoms with E-state index in [0.29, 0.717) is 43.7 Å². The van der Waals surface area contributed by atoms with E-state index in [1.54, 1.807) is 63.4 Å². The van der Waals surface area contributed by atoms with Gasteiger partial charge in [0.15, 0.2) is 23.3 Å². The lowest BCUT2D eigenvalue weighted by Gasteiger charge is -2.13. The van der Waals surface area contributed by atoms with E-state index in [1.165, 1.54) is 16.7 Å². The van der Waals surface area contributed by atoms with Gasteiger partial charge in [0.25, 0.3) is 5.91 Å². The van der Waals surface area contributed by atoms with Crippen LogP contribution in [0.2, 0.25) is 0 Å². The van der Waals surface area contributed by atoms with Crippen molar-refractivity contribution in [3.8, 4) is 11.5 Å². The number of carbonyl (C=O) groups is 3. The largest absolute Gasteiger partial charge is 0.490 e. The Morgan fingerprint density at radius 3 is 2.63 bits per heavy atom. The first-order chi connectivity index (χ1) is 16.7. The third-order valence-corrected chi connectivity index (χ3v) is 6.20. The minimum absolute atomic E-state index is 0.240. The summed E-state index contributed by atoms with van der Waals surface area (Å²) in [4.78, 5) is 42.1. The Bertz CT molecular complexity index is 1210. The molecule has 0 radical (unpaired) electrons. The number of amidine groups is 1. The van der Waals surface area contributed by atoms with Gasteiger partial charge >= 0.3 is 11.9 Å². The van der Waals surface area contributed by atoms with Gasteiger partial charge in [-0.05, 0) is 83.5 Å². The molecular weight excluding hydrogens is 540 g/mol. The van der Waals surface area contributed by atoms with Crippen molar-refractivity contribution in [1.29, 1.82) is 0 Å². The molecule has 184 valence electrons. The number of ether oxygens (including phenoxy) is 3. The highest BCUT2D eigenvalue weighted by molar-refractivity contribution is 9.10. The van der Waals surface area contributed by atoms with E-state index < -0.39 is 18.5 Å². The van der Waals surface area contributed by atoms with Crippen LogP contribution in [0.3, 0.4) is 0 Å². The summed E-state index contributed by atoms with van der Waals surface area (Å²) in [5, 5.41) is 9.36. The number of nitrogens with zero attached hydrogens (tertiary/aromatic N) is 2. The molecule has 0 bridgehead atoms. The molecule has 11 heteroatoms. The normalized spacial score (nSPS) is 15.5. The van der Waals surface area contributed by atoms with Crippen LogP contribution in [0.15, 0.2) is 50.8 Å². The number of likely N-dealkylation sites (N-methyl/N-ethyl adjacent to an activating group) is 1. The topological polar surface area (TPSA) is 115 Å². The molecule has 1 aliphatic heterocycles. The Morgan fingerprint density at radius 2 is 1.94 bits per heavy atom. The van der Waals surface area contributed by atoms with Crippen molar-refractivity contribution in [2.45, 2.75) is 13.8 Å². The molecule has 1 fully saturated rings. The molecule has 0 unspecified atom stereocenters. The Hall–Kier alpha value is -3.31. The van der Waals surface area contributed by atoms with Crippen LogP contribution in [0.4, 0.5) is 5.69 Å². The quantitative estimate of drug-likeness (QED) is 0.344.